The van der Waals surface area contributed by atoms with Crippen LogP contribution in [-0.4, -0.2) is 17.0 Å². The molecule has 0 radical (unpaired) electrons. The summed E-state index contributed by atoms with van der Waals surface area (Å²) in [5.41, 5.74) is 15.5. The second-order valence-corrected chi connectivity index (χ2v) is 7.60. The summed E-state index contributed by atoms with van der Waals surface area (Å²) in [6.07, 6.45) is -5.15. The summed E-state index contributed by atoms with van der Waals surface area (Å²) in [6.45, 7) is 1.93. The number of anilines is 2. The molecule has 0 saturated heterocycles. The number of nitrogens with two attached hydrogens (primary N) is 2. The second-order valence-electron chi connectivity index (χ2n) is 6.72. The van der Waals surface area contributed by atoms with E-state index in [0.29, 0.717) is 11.4 Å². The number of hydrogen-bond donors (Lipinski definition) is 4. The van der Waals surface area contributed by atoms with Crippen molar-refractivity contribution in [1.29, 1.82) is 5.41 Å². The van der Waals surface area contributed by atoms with Crippen LogP contribution in [0.5, 0.6) is 0 Å². The molecule has 2 aromatic carbocycles. The lowest BCUT2D eigenvalue weighted by molar-refractivity contribution is -0.127. The third-order valence-electron chi connectivity index (χ3n) is 4.30. The number of rotatable bonds is 6. The lowest BCUT2D eigenvalue weighted by atomic mass is 10.0. The Morgan fingerprint density at radius 1 is 1.10 bits per heavy atom. The van der Waals surface area contributed by atoms with Gasteiger partial charge in [0.15, 0.2) is 0 Å². The molecule has 6 N–H and O–H groups in total. The van der Waals surface area contributed by atoms with Crippen LogP contribution in [0.3, 0.4) is 0 Å². The maximum Gasteiger partial charge on any atom is 0.393 e. The van der Waals surface area contributed by atoms with Gasteiger partial charge < -0.3 is 16.2 Å². The fourth-order valence-electron chi connectivity index (χ4n) is 2.87. The second kappa shape index (κ2) is 8.66. The molecule has 30 heavy (non-hydrogen) atoms. The van der Waals surface area contributed by atoms with Crippen LogP contribution in [0.1, 0.15) is 16.8 Å². The minimum atomic E-state index is -4.21. The molecule has 1 heterocycles. The first-order chi connectivity index (χ1) is 14.1. The van der Waals surface area contributed by atoms with Crippen molar-refractivity contribution in [2.45, 2.75) is 24.4 Å². The monoisotopic (exact) mass is 431 g/mol. The first-order valence-corrected chi connectivity index (χ1v) is 9.74. The lowest BCUT2D eigenvalue weighted by Gasteiger charge is -2.12. The van der Waals surface area contributed by atoms with E-state index in [9.17, 15) is 13.2 Å². The highest BCUT2D eigenvalue weighted by molar-refractivity contribution is 8.00. The molecule has 5 nitrogen and oxygen atoms in total. The SMILES string of the molecule is Cc1cc(NSc2ccc(CC(F)(F)F)cc2)ccc1-c1ccc(N)c(C(=N)N)n1. The van der Waals surface area contributed by atoms with Gasteiger partial charge in [-0.15, -0.1) is 0 Å². The van der Waals surface area contributed by atoms with Gasteiger partial charge in [-0.25, -0.2) is 4.98 Å². The molecule has 0 atom stereocenters. The Morgan fingerprint density at radius 3 is 2.40 bits per heavy atom. The van der Waals surface area contributed by atoms with Gasteiger partial charge in [0, 0.05) is 16.1 Å². The Kier molecular flexibility index (Phi) is 6.21. The third kappa shape index (κ3) is 5.44. The molecule has 0 saturated carbocycles. The fourth-order valence-corrected chi connectivity index (χ4v) is 3.51. The molecule has 156 valence electrons. The maximum absolute atomic E-state index is 12.4. The zero-order valence-electron chi connectivity index (χ0n) is 16.0. The van der Waals surface area contributed by atoms with Crippen molar-refractivity contribution in [3.05, 3.63) is 71.4 Å². The molecule has 9 heteroatoms. The van der Waals surface area contributed by atoms with E-state index in [4.69, 9.17) is 16.9 Å². The van der Waals surface area contributed by atoms with Crippen LogP contribution in [-0.2, 0) is 6.42 Å². The van der Waals surface area contributed by atoms with Crippen molar-refractivity contribution in [2.24, 2.45) is 5.73 Å². The number of benzene rings is 2. The van der Waals surface area contributed by atoms with Gasteiger partial charge in [-0.05, 0) is 66.4 Å². The highest BCUT2D eigenvalue weighted by Crippen LogP contribution is 2.29. The largest absolute Gasteiger partial charge is 0.397 e. The quantitative estimate of drug-likeness (QED) is 0.246. The summed E-state index contributed by atoms with van der Waals surface area (Å²) >= 11 is 1.31. The van der Waals surface area contributed by atoms with Crippen molar-refractivity contribution in [3.63, 3.8) is 0 Å². The van der Waals surface area contributed by atoms with Crippen LogP contribution >= 0.6 is 11.9 Å². The molecule has 0 amide bonds. The van der Waals surface area contributed by atoms with Gasteiger partial charge in [-0.3, -0.25) is 5.41 Å². The highest BCUT2D eigenvalue weighted by Gasteiger charge is 2.27. The Bertz CT molecular complexity index is 1070. The zero-order chi connectivity index (χ0) is 21.9. The van der Waals surface area contributed by atoms with Gasteiger partial charge in [0.05, 0.1) is 17.8 Å². The minimum Gasteiger partial charge on any atom is -0.397 e. The molecular weight excluding hydrogens is 411 g/mol. The summed E-state index contributed by atoms with van der Waals surface area (Å²) in [6, 6.07) is 15.4. The summed E-state index contributed by atoms with van der Waals surface area (Å²) in [4.78, 5) is 5.18. The Balaban J connectivity index is 1.70. The first-order valence-electron chi connectivity index (χ1n) is 8.93. The number of nitrogen functional groups attached to an aromatic ring is 2. The summed E-state index contributed by atoms with van der Waals surface area (Å²) < 4.78 is 40.5. The average molecular weight is 431 g/mol. The molecular formula is C21H20F3N5S. The maximum atomic E-state index is 12.4. The van der Waals surface area contributed by atoms with Gasteiger partial charge in [0.2, 0.25) is 0 Å². The van der Waals surface area contributed by atoms with E-state index in [1.54, 1.807) is 24.3 Å². The number of pyridine rings is 1. The van der Waals surface area contributed by atoms with Crippen molar-refractivity contribution in [3.8, 4) is 11.3 Å². The molecule has 0 aliphatic carbocycles. The lowest BCUT2D eigenvalue weighted by Crippen LogP contribution is -2.16. The summed E-state index contributed by atoms with van der Waals surface area (Å²) in [5, 5.41) is 7.58. The van der Waals surface area contributed by atoms with Gasteiger partial charge in [0.1, 0.15) is 11.5 Å². The number of alkyl halides is 3. The Morgan fingerprint density at radius 2 is 1.80 bits per heavy atom. The van der Waals surface area contributed by atoms with E-state index in [-0.39, 0.29) is 17.1 Å². The van der Waals surface area contributed by atoms with Crippen LogP contribution < -0.4 is 16.2 Å². The number of amidine groups is 1. The predicted octanol–water partition coefficient (Wildman–Crippen LogP) is 5.15. The Labute approximate surface area is 176 Å². The molecule has 3 rings (SSSR count). The number of nitrogens with zero attached hydrogens (tertiary/aromatic N) is 1. The molecule has 0 unspecified atom stereocenters. The molecule has 0 spiro atoms. The predicted molar refractivity (Wildman–Crippen MR) is 116 cm³/mol. The molecule has 3 aromatic rings. The topological polar surface area (TPSA) is 101 Å². The molecule has 0 aliphatic rings. The van der Waals surface area contributed by atoms with E-state index in [1.807, 2.05) is 25.1 Å². The van der Waals surface area contributed by atoms with E-state index in [1.165, 1.54) is 24.1 Å². The van der Waals surface area contributed by atoms with Crippen LogP contribution in [0.15, 0.2) is 59.5 Å². The number of hydrogen-bond acceptors (Lipinski definition) is 5. The van der Waals surface area contributed by atoms with Gasteiger partial charge >= 0.3 is 6.18 Å². The van der Waals surface area contributed by atoms with Crippen molar-refractivity contribution in [2.75, 3.05) is 10.5 Å². The van der Waals surface area contributed by atoms with Crippen LogP contribution in [0, 0.1) is 12.3 Å². The van der Waals surface area contributed by atoms with E-state index in [2.05, 4.69) is 9.71 Å². The van der Waals surface area contributed by atoms with Gasteiger partial charge in [0.25, 0.3) is 0 Å². The Hall–Kier alpha value is -3.20. The average Bonchev–Trinajstić information content (AvgIpc) is 2.67. The zero-order valence-corrected chi connectivity index (χ0v) is 16.9. The fraction of sp³-hybridized carbons (Fsp3) is 0.143. The van der Waals surface area contributed by atoms with Crippen LogP contribution in [0.2, 0.25) is 0 Å². The highest BCUT2D eigenvalue weighted by atomic mass is 32.2. The number of halogens is 3. The van der Waals surface area contributed by atoms with Crippen LogP contribution in [0.25, 0.3) is 11.3 Å². The first kappa shape index (κ1) is 21.5. The number of aryl methyl sites for hydroxylation is 1. The molecule has 0 fully saturated rings. The normalized spacial score (nSPS) is 11.3. The minimum absolute atomic E-state index is 0.192. The standard InChI is InChI=1S/C21H20F3N5S/c1-12-10-14(29-30-15-5-2-13(3-6-15)11-21(22,23)24)4-7-16(12)18-9-8-17(25)19(28-18)20(26)27/h2-10,29H,11,25H2,1H3,(H3,26,27). The van der Waals surface area contributed by atoms with E-state index >= 15 is 0 Å². The summed E-state index contributed by atoms with van der Waals surface area (Å²) in [5.74, 6) is -0.192. The van der Waals surface area contributed by atoms with Gasteiger partial charge in [-0.1, -0.05) is 18.2 Å². The van der Waals surface area contributed by atoms with Gasteiger partial charge in [-0.2, -0.15) is 13.2 Å². The van der Waals surface area contributed by atoms with Crippen molar-refractivity contribution < 1.29 is 13.2 Å². The smallest absolute Gasteiger partial charge is 0.393 e. The molecule has 1 aromatic heterocycles. The number of aromatic nitrogens is 1. The van der Waals surface area contributed by atoms with Crippen LogP contribution in [0.4, 0.5) is 24.5 Å². The van der Waals surface area contributed by atoms with Crippen molar-refractivity contribution in [1.82, 2.24) is 4.98 Å². The van der Waals surface area contributed by atoms with Crippen molar-refractivity contribution >= 4 is 29.2 Å². The third-order valence-corrected chi connectivity index (χ3v) is 5.14. The molecule has 0 aliphatic heterocycles. The number of nitrogens with one attached hydrogen (secondary N) is 2. The van der Waals surface area contributed by atoms with E-state index in [0.717, 1.165) is 21.7 Å². The summed E-state index contributed by atoms with van der Waals surface area (Å²) in [7, 11) is 0. The van der Waals surface area contributed by atoms with E-state index < -0.39 is 12.6 Å². The molecule has 0 bridgehead atoms.